The van der Waals surface area contributed by atoms with Crippen molar-refractivity contribution in [2.45, 2.75) is 26.7 Å². The lowest BCUT2D eigenvalue weighted by molar-refractivity contribution is -0.384. The normalized spacial score (nSPS) is 10.9. The van der Waals surface area contributed by atoms with Crippen LogP contribution in [-0.4, -0.2) is 47.9 Å². The van der Waals surface area contributed by atoms with Gasteiger partial charge in [-0.25, -0.2) is 4.98 Å². The summed E-state index contributed by atoms with van der Waals surface area (Å²) < 4.78 is 1.09. The van der Waals surface area contributed by atoms with Crippen LogP contribution in [0.5, 0.6) is 0 Å². The first-order chi connectivity index (χ1) is 14.2. The maximum atomic E-state index is 13.2. The topological polar surface area (TPSA) is 79.6 Å². The Hall–Kier alpha value is -2.55. The predicted molar refractivity (Wildman–Crippen MR) is 129 cm³/mol. The van der Waals surface area contributed by atoms with Crippen molar-refractivity contribution in [1.82, 2.24) is 9.88 Å². The number of nitro groups is 1. The second kappa shape index (κ2) is 10.7. The Morgan fingerprint density at radius 2 is 1.81 bits per heavy atom. The van der Waals surface area contributed by atoms with Gasteiger partial charge in [-0.3, -0.25) is 19.8 Å². The molecule has 0 unspecified atom stereocenters. The number of nitrogens with zero attached hydrogens (tertiary/aromatic N) is 4. The Morgan fingerprint density at radius 3 is 2.42 bits per heavy atom. The fourth-order valence-electron chi connectivity index (χ4n) is 3.36. The van der Waals surface area contributed by atoms with Gasteiger partial charge in [0.1, 0.15) is 0 Å². The highest BCUT2D eigenvalue weighted by molar-refractivity contribution is 7.22. The summed E-state index contributed by atoms with van der Waals surface area (Å²) in [6, 6.07) is 10.3. The van der Waals surface area contributed by atoms with Gasteiger partial charge in [-0.05, 0) is 63.7 Å². The van der Waals surface area contributed by atoms with Crippen molar-refractivity contribution in [3.63, 3.8) is 0 Å². The smallest absolute Gasteiger partial charge is 0.269 e. The number of nitro benzene ring substituents is 1. The van der Waals surface area contributed by atoms with Gasteiger partial charge >= 0.3 is 0 Å². The van der Waals surface area contributed by atoms with Gasteiger partial charge in [0.2, 0.25) is 5.91 Å². The van der Waals surface area contributed by atoms with E-state index < -0.39 is 4.92 Å². The molecule has 0 bridgehead atoms. The number of rotatable bonds is 8. The molecule has 0 saturated heterocycles. The van der Waals surface area contributed by atoms with Crippen LogP contribution in [0.25, 0.3) is 10.2 Å². The fourth-order valence-corrected chi connectivity index (χ4v) is 4.42. The number of hydrogen-bond acceptors (Lipinski definition) is 6. The molecular formula is C22H27ClN4O3S. The molecule has 1 amide bonds. The third-order valence-electron chi connectivity index (χ3n) is 4.83. The largest absolute Gasteiger partial charge is 0.309 e. The van der Waals surface area contributed by atoms with E-state index >= 15 is 0 Å². The third kappa shape index (κ3) is 6.22. The molecule has 31 heavy (non-hydrogen) atoms. The average Bonchev–Trinajstić information content (AvgIpc) is 3.09. The van der Waals surface area contributed by atoms with Gasteiger partial charge in [-0.1, -0.05) is 29.5 Å². The number of carbonyl (C=O) groups excluding carboxylic acids is 1. The van der Waals surface area contributed by atoms with Gasteiger partial charge in [-0.2, -0.15) is 0 Å². The SMILES string of the molecule is Cc1cc(C)c2sc(N(CCCN(C)C)C(=O)Cc3ccc([N+](=O)[O-])cc3)nc2c1.Cl. The van der Waals surface area contributed by atoms with Crippen molar-refractivity contribution < 1.29 is 9.72 Å². The number of fused-ring (bicyclic) bond motifs is 1. The number of benzene rings is 2. The van der Waals surface area contributed by atoms with E-state index in [2.05, 4.69) is 17.9 Å². The maximum absolute atomic E-state index is 13.2. The summed E-state index contributed by atoms with van der Waals surface area (Å²) in [5.74, 6) is -0.0592. The molecule has 7 nitrogen and oxygen atoms in total. The lowest BCUT2D eigenvalue weighted by Crippen LogP contribution is -2.34. The average molecular weight is 463 g/mol. The molecule has 0 aliphatic carbocycles. The summed E-state index contributed by atoms with van der Waals surface area (Å²) in [6.07, 6.45) is 1.00. The van der Waals surface area contributed by atoms with Gasteiger partial charge in [0.15, 0.2) is 5.13 Å². The summed E-state index contributed by atoms with van der Waals surface area (Å²) in [5, 5.41) is 11.6. The van der Waals surface area contributed by atoms with Gasteiger partial charge in [0.25, 0.3) is 5.69 Å². The van der Waals surface area contributed by atoms with E-state index in [1.54, 1.807) is 17.0 Å². The number of hydrogen-bond donors (Lipinski definition) is 0. The van der Waals surface area contributed by atoms with E-state index in [1.165, 1.54) is 23.5 Å². The van der Waals surface area contributed by atoms with E-state index in [-0.39, 0.29) is 30.4 Å². The lowest BCUT2D eigenvalue weighted by atomic mass is 10.1. The molecule has 0 spiro atoms. The molecule has 9 heteroatoms. The molecule has 166 valence electrons. The van der Waals surface area contributed by atoms with Crippen LogP contribution in [0.3, 0.4) is 0 Å². The summed E-state index contributed by atoms with van der Waals surface area (Å²) in [5.41, 5.74) is 3.98. The number of aromatic nitrogens is 1. The Bertz CT molecular complexity index is 1070. The summed E-state index contributed by atoms with van der Waals surface area (Å²) >= 11 is 1.54. The number of amides is 1. The van der Waals surface area contributed by atoms with Crippen LogP contribution in [0.15, 0.2) is 36.4 Å². The molecule has 0 saturated carbocycles. The summed E-state index contributed by atoms with van der Waals surface area (Å²) in [7, 11) is 4.01. The first-order valence-electron chi connectivity index (χ1n) is 9.81. The minimum Gasteiger partial charge on any atom is -0.309 e. The van der Waals surface area contributed by atoms with Gasteiger partial charge < -0.3 is 4.90 Å². The van der Waals surface area contributed by atoms with E-state index in [9.17, 15) is 14.9 Å². The van der Waals surface area contributed by atoms with E-state index in [0.717, 1.165) is 39.9 Å². The predicted octanol–water partition coefficient (Wildman–Crippen LogP) is 4.77. The van der Waals surface area contributed by atoms with E-state index in [0.29, 0.717) is 11.7 Å². The minimum absolute atomic E-state index is 0. The second-order valence-electron chi connectivity index (χ2n) is 7.73. The Kier molecular flexibility index (Phi) is 8.50. The third-order valence-corrected chi connectivity index (χ3v) is 6.06. The number of non-ortho nitro benzene ring substituents is 1. The maximum Gasteiger partial charge on any atom is 0.269 e. The van der Waals surface area contributed by atoms with Gasteiger partial charge in [0, 0.05) is 18.7 Å². The quantitative estimate of drug-likeness (QED) is 0.356. The van der Waals surface area contributed by atoms with Gasteiger partial charge in [0.05, 0.1) is 21.6 Å². The zero-order valence-electron chi connectivity index (χ0n) is 18.1. The van der Waals surface area contributed by atoms with Crippen LogP contribution in [0.4, 0.5) is 10.8 Å². The molecule has 1 heterocycles. The van der Waals surface area contributed by atoms with E-state index in [1.807, 2.05) is 27.1 Å². The van der Waals surface area contributed by atoms with Crippen LogP contribution in [-0.2, 0) is 11.2 Å². The molecule has 0 fully saturated rings. The first-order valence-corrected chi connectivity index (χ1v) is 10.6. The number of aryl methyl sites for hydroxylation is 2. The highest BCUT2D eigenvalue weighted by Gasteiger charge is 2.21. The standard InChI is InChI=1S/C22H26N4O3S.ClH/c1-15-12-16(2)21-19(13-15)23-22(30-21)25(11-5-10-24(3)4)20(27)14-17-6-8-18(9-7-17)26(28)29;/h6-9,12-13H,5,10-11,14H2,1-4H3;1H. The van der Waals surface area contributed by atoms with E-state index in [4.69, 9.17) is 4.98 Å². The highest BCUT2D eigenvalue weighted by atomic mass is 35.5. The number of anilines is 1. The summed E-state index contributed by atoms with van der Waals surface area (Å²) in [4.78, 5) is 32.2. The van der Waals surface area contributed by atoms with Crippen LogP contribution in [0, 0.1) is 24.0 Å². The Labute approximate surface area is 192 Å². The van der Waals surface area contributed by atoms with Crippen molar-refractivity contribution in [2.24, 2.45) is 0 Å². The molecule has 1 aromatic heterocycles. The molecule has 0 atom stereocenters. The van der Waals surface area contributed by atoms with Crippen molar-refractivity contribution in [1.29, 1.82) is 0 Å². The molecular weight excluding hydrogens is 436 g/mol. The molecule has 0 aliphatic heterocycles. The molecule has 2 aromatic carbocycles. The molecule has 0 aliphatic rings. The van der Waals surface area contributed by atoms with Crippen LogP contribution in [0.1, 0.15) is 23.1 Å². The number of thiazole rings is 1. The Balaban J connectivity index is 0.00000341. The second-order valence-corrected chi connectivity index (χ2v) is 8.71. The minimum atomic E-state index is -0.440. The fraction of sp³-hybridized carbons (Fsp3) is 0.364. The monoisotopic (exact) mass is 462 g/mol. The van der Waals surface area contributed by atoms with Gasteiger partial charge in [-0.15, -0.1) is 12.4 Å². The van der Waals surface area contributed by atoms with Crippen molar-refractivity contribution >= 4 is 50.7 Å². The lowest BCUT2D eigenvalue weighted by Gasteiger charge is -2.21. The zero-order valence-corrected chi connectivity index (χ0v) is 19.8. The first kappa shape index (κ1) is 24.7. The van der Waals surface area contributed by atoms with Crippen LogP contribution < -0.4 is 4.90 Å². The van der Waals surface area contributed by atoms with Crippen LogP contribution >= 0.6 is 23.7 Å². The van der Waals surface area contributed by atoms with Crippen molar-refractivity contribution in [3.8, 4) is 0 Å². The van der Waals surface area contributed by atoms with Crippen LogP contribution in [0.2, 0.25) is 0 Å². The van der Waals surface area contributed by atoms with Crippen molar-refractivity contribution in [3.05, 3.63) is 63.2 Å². The Morgan fingerprint density at radius 1 is 1.13 bits per heavy atom. The highest BCUT2D eigenvalue weighted by Crippen LogP contribution is 2.32. The molecule has 0 N–H and O–H groups in total. The molecule has 0 radical (unpaired) electrons. The van der Waals surface area contributed by atoms with Crippen molar-refractivity contribution in [2.75, 3.05) is 32.1 Å². The molecule has 3 aromatic rings. The molecule has 3 rings (SSSR count). The number of halogens is 1. The summed E-state index contributed by atoms with van der Waals surface area (Å²) in [6.45, 7) is 5.54. The zero-order chi connectivity index (χ0) is 21.8. The number of carbonyl (C=O) groups is 1.